The molecule has 2 N–H and O–H groups in total. The SMILES string of the molecule is CC(C)(C)OC(=O)CC(=O)NCCCN1C(=N)SCC1=O. The van der Waals surface area contributed by atoms with Crippen LogP contribution >= 0.6 is 11.8 Å². The van der Waals surface area contributed by atoms with Gasteiger partial charge in [-0.05, 0) is 27.2 Å². The standard InChI is InChI=1S/C13H21N3O4S/c1-13(2,3)20-11(19)7-9(17)15-5-4-6-16-10(18)8-21-12(16)14/h14H,4-8H2,1-3H3,(H,15,17). The van der Waals surface area contributed by atoms with Crippen LogP contribution in [0.4, 0.5) is 0 Å². The van der Waals surface area contributed by atoms with Crippen molar-refractivity contribution >= 4 is 34.7 Å². The zero-order valence-electron chi connectivity index (χ0n) is 12.5. The first-order valence-electron chi connectivity index (χ1n) is 6.69. The number of amidine groups is 1. The summed E-state index contributed by atoms with van der Waals surface area (Å²) in [6.07, 6.45) is 0.223. The molecule has 8 heteroatoms. The molecular weight excluding hydrogens is 294 g/mol. The zero-order chi connectivity index (χ0) is 16.0. The molecule has 1 rings (SSSR count). The number of thioether (sulfide) groups is 1. The fraction of sp³-hybridized carbons (Fsp3) is 0.692. The van der Waals surface area contributed by atoms with Gasteiger partial charge in [-0.2, -0.15) is 0 Å². The number of nitrogens with one attached hydrogen (secondary N) is 2. The van der Waals surface area contributed by atoms with Crippen molar-refractivity contribution in [3.63, 3.8) is 0 Å². The van der Waals surface area contributed by atoms with E-state index in [0.29, 0.717) is 25.3 Å². The van der Waals surface area contributed by atoms with E-state index >= 15 is 0 Å². The van der Waals surface area contributed by atoms with Crippen molar-refractivity contribution in [2.24, 2.45) is 0 Å². The van der Waals surface area contributed by atoms with E-state index in [4.69, 9.17) is 10.1 Å². The molecule has 0 atom stereocenters. The van der Waals surface area contributed by atoms with Crippen LogP contribution in [0.3, 0.4) is 0 Å². The molecule has 0 aliphatic carbocycles. The summed E-state index contributed by atoms with van der Waals surface area (Å²) in [4.78, 5) is 35.8. The zero-order valence-corrected chi connectivity index (χ0v) is 13.3. The van der Waals surface area contributed by atoms with Crippen LogP contribution in [0, 0.1) is 5.41 Å². The van der Waals surface area contributed by atoms with Gasteiger partial charge in [0.2, 0.25) is 11.8 Å². The Hall–Kier alpha value is -1.57. The van der Waals surface area contributed by atoms with Gasteiger partial charge in [0.1, 0.15) is 12.0 Å². The summed E-state index contributed by atoms with van der Waals surface area (Å²) in [5, 5.41) is 10.4. The second kappa shape index (κ2) is 7.44. The molecular formula is C13H21N3O4S. The minimum Gasteiger partial charge on any atom is -0.460 e. The smallest absolute Gasteiger partial charge is 0.315 e. The molecule has 0 spiro atoms. The maximum absolute atomic E-state index is 11.5. The molecule has 7 nitrogen and oxygen atoms in total. The first-order valence-corrected chi connectivity index (χ1v) is 7.68. The van der Waals surface area contributed by atoms with Crippen LogP contribution in [0.25, 0.3) is 0 Å². The van der Waals surface area contributed by atoms with Crippen LogP contribution in [0.2, 0.25) is 0 Å². The molecule has 0 aromatic rings. The lowest BCUT2D eigenvalue weighted by Gasteiger charge is -2.19. The van der Waals surface area contributed by atoms with E-state index < -0.39 is 17.5 Å². The number of esters is 1. The van der Waals surface area contributed by atoms with E-state index in [9.17, 15) is 14.4 Å². The Morgan fingerprint density at radius 3 is 2.62 bits per heavy atom. The van der Waals surface area contributed by atoms with Crippen LogP contribution in [0.15, 0.2) is 0 Å². The van der Waals surface area contributed by atoms with Crippen molar-refractivity contribution in [2.75, 3.05) is 18.8 Å². The molecule has 1 saturated heterocycles. The topological polar surface area (TPSA) is 99.6 Å². The van der Waals surface area contributed by atoms with Gasteiger partial charge in [0, 0.05) is 13.1 Å². The molecule has 1 aliphatic heterocycles. The van der Waals surface area contributed by atoms with Gasteiger partial charge < -0.3 is 10.1 Å². The third-order valence-corrected chi connectivity index (χ3v) is 3.37. The molecule has 0 saturated carbocycles. The van der Waals surface area contributed by atoms with Gasteiger partial charge in [-0.1, -0.05) is 11.8 Å². The predicted octanol–water partition coefficient (Wildman–Crippen LogP) is 0.735. The van der Waals surface area contributed by atoms with Crippen LogP contribution in [-0.2, 0) is 19.1 Å². The summed E-state index contributed by atoms with van der Waals surface area (Å²) in [6.45, 7) is 5.97. The Morgan fingerprint density at radius 1 is 1.43 bits per heavy atom. The molecule has 0 aromatic carbocycles. The summed E-state index contributed by atoms with van der Waals surface area (Å²) in [6, 6.07) is 0. The normalized spacial score (nSPS) is 15.3. The lowest BCUT2D eigenvalue weighted by Crippen LogP contribution is -2.34. The van der Waals surface area contributed by atoms with E-state index in [1.807, 2.05) is 0 Å². The number of rotatable bonds is 6. The number of nitrogens with zero attached hydrogens (tertiary/aromatic N) is 1. The molecule has 0 radical (unpaired) electrons. The van der Waals surface area contributed by atoms with E-state index in [2.05, 4.69) is 5.32 Å². The van der Waals surface area contributed by atoms with Gasteiger partial charge in [0.25, 0.3) is 0 Å². The summed E-state index contributed by atoms with van der Waals surface area (Å²) in [5.41, 5.74) is -0.606. The highest BCUT2D eigenvalue weighted by Crippen LogP contribution is 2.17. The molecule has 0 unspecified atom stereocenters. The Balaban J connectivity index is 2.18. The second-order valence-corrected chi connectivity index (χ2v) is 6.57. The van der Waals surface area contributed by atoms with Crippen LogP contribution < -0.4 is 5.32 Å². The van der Waals surface area contributed by atoms with Crippen molar-refractivity contribution in [1.82, 2.24) is 10.2 Å². The Bertz CT molecular complexity index is 429. The highest BCUT2D eigenvalue weighted by atomic mass is 32.2. The summed E-state index contributed by atoms with van der Waals surface area (Å²) in [7, 11) is 0. The number of carbonyl (C=O) groups excluding carboxylic acids is 3. The molecule has 2 amide bonds. The number of carbonyl (C=O) groups is 3. The first-order chi connectivity index (χ1) is 9.69. The average molecular weight is 315 g/mol. The molecule has 1 fully saturated rings. The van der Waals surface area contributed by atoms with E-state index in [-0.39, 0.29) is 17.5 Å². The first kappa shape index (κ1) is 17.5. The van der Waals surface area contributed by atoms with Crippen LogP contribution in [-0.4, -0.2) is 52.3 Å². The van der Waals surface area contributed by atoms with Crippen molar-refractivity contribution in [2.45, 2.75) is 39.2 Å². The lowest BCUT2D eigenvalue weighted by molar-refractivity contribution is -0.156. The average Bonchev–Trinajstić information content (AvgIpc) is 2.62. The van der Waals surface area contributed by atoms with Gasteiger partial charge in [-0.25, -0.2) is 0 Å². The maximum Gasteiger partial charge on any atom is 0.315 e. The van der Waals surface area contributed by atoms with Gasteiger partial charge in [0.15, 0.2) is 5.17 Å². The van der Waals surface area contributed by atoms with Crippen LogP contribution in [0.5, 0.6) is 0 Å². The van der Waals surface area contributed by atoms with Gasteiger partial charge in [0.05, 0.1) is 5.75 Å². The monoisotopic (exact) mass is 315 g/mol. The van der Waals surface area contributed by atoms with E-state index in [0.717, 1.165) is 0 Å². The van der Waals surface area contributed by atoms with Crippen molar-refractivity contribution < 1.29 is 19.1 Å². The molecule has 0 bridgehead atoms. The number of ether oxygens (including phenoxy) is 1. The molecule has 21 heavy (non-hydrogen) atoms. The van der Waals surface area contributed by atoms with E-state index in [1.54, 1.807) is 20.8 Å². The number of amides is 2. The van der Waals surface area contributed by atoms with Gasteiger partial charge in [-0.15, -0.1) is 0 Å². The number of hydrogen-bond acceptors (Lipinski definition) is 6. The highest BCUT2D eigenvalue weighted by Gasteiger charge is 2.26. The summed E-state index contributed by atoms with van der Waals surface area (Å²) < 4.78 is 5.04. The lowest BCUT2D eigenvalue weighted by atomic mass is 10.2. The van der Waals surface area contributed by atoms with Crippen molar-refractivity contribution in [3.05, 3.63) is 0 Å². The Kier molecular flexibility index (Phi) is 6.19. The third-order valence-electron chi connectivity index (χ3n) is 2.48. The van der Waals surface area contributed by atoms with Gasteiger partial charge in [-0.3, -0.25) is 24.7 Å². The number of hydrogen-bond donors (Lipinski definition) is 2. The quantitative estimate of drug-likeness (QED) is 0.428. The minimum atomic E-state index is -0.606. The second-order valence-electron chi connectivity index (χ2n) is 5.61. The van der Waals surface area contributed by atoms with Crippen molar-refractivity contribution in [3.8, 4) is 0 Å². The summed E-state index contributed by atoms with van der Waals surface area (Å²) >= 11 is 1.20. The Labute approximate surface area is 128 Å². The van der Waals surface area contributed by atoms with E-state index in [1.165, 1.54) is 16.7 Å². The van der Waals surface area contributed by atoms with Crippen LogP contribution in [0.1, 0.15) is 33.6 Å². The van der Waals surface area contributed by atoms with Crippen molar-refractivity contribution in [1.29, 1.82) is 5.41 Å². The summed E-state index contributed by atoms with van der Waals surface area (Å²) in [5.74, 6) is -0.733. The highest BCUT2D eigenvalue weighted by molar-refractivity contribution is 8.14. The molecule has 1 aliphatic rings. The largest absolute Gasteiger partial charge is 0.460 e. The fourth-order valence-corrected chi connectivity index (χ4v) is 2.43. The van der Waals surface area contributed by atoms with Gasteiger partial charge >= 0.3 is 5.97 Å². The maximum atomic E-state index is 11.5. The molecule has 118 valence electrons. The predicted molar refractivity (Wildman–Crippen MR) is 80.0 cm³/mol. The third kappa shape index (κ3) is 6.61. The molecule has 1 heterocycles. The molecule has 0 aromatic heterocycles. The fourth-order valence-electron chi connectivity index (χ4n) is 1.66. The minimum absolute atomic E-state index is 0.0786. The Morgan fingerprint density at radius 2 is 2.10 bits per heavy atom.